The van der Waals surface area contributed by atoms with Gasteiger partial charge in [-0.15, -0.1) is 0 Å². The van der Waals surface area contributed by atoms with Crippen molar-refractivity contribution in [2.75, 3.05) is 26.2 Å². The zero-order valence-corrected chi connectivity index (χ0v) is 14.6. The Morgan fingerprint density at radius 1 is 1.36 bits per heavy atom. The van der Waals surface area contributed by atoms with Crippen LogP contribution in [0.15, 0.2) is 17.1 Å². The highest BCUT2D eigenvalue weighted by Crippen LogP contribution is 2.28. The molecule has 0 aliphatic carbocycles. The van der Waals surface area contributed by atoms with Crippen molar-refractivity contribution in [2.24, 2.45) is 5.92 Å². The molecule has 1 unspecified atom stereocenters. The average molecular weight is 353 g/mol. The number of likely N-dealkylation sites (tertiary alicyclic amines) is 1. The van der Waals surface area contributed by atoms with Crippen LogP contribution in [0.3, 0.4) is 0 Å². The van der Waals surface area contributed by atoms with Crippen LogP contribution in [0, 0.1) is 12.8 Å². The second-order valence-corrected chi connectivity index (χ2v) is 7.19. The molecule has 1 amide bonds. The Labute approximate surface area is 146 Å². The minimum Gasteiger partial charge on any atom is -0.338 e. The summed E-state index contributed by atoms with van der Waals surface area (Å²) >= 11 is 0. The second-order valence-electron chi connectivity index (χ2n) is 7.19. The van der Waals surface area contributed by atoms with Crippen LogP contribution in [0.25, 0.3) is 0 Å². The molecule has 1 N–H and O–H groups in total. The van der Waals surface area contributed by atoms with Gasteiger partial charge in [0.15, 0.2) is 0 Å². The first-order valence-corrected chi connectivity index (χ1v) is 8.95. The van der Waals surface area contributed by atoms with E-state index in [4.69, 9.17) is 0 Å². The number of pyridine rings is 1. The van der Waals surface area contributed by atoms with Crippen molar-refractivity contribution in [3.8, 4) is 0 Å². The van der Waals surface area contributed by atoms with Crippen molar-refractivity contribution in [2.45, 2.75) is 45.1 Å². The van der Waals surface area contributed by atoms with E-state index in [1.807, 2.05) is 0 Å². The first kappa shape index (κ1) is 18.0. The lowest BCUT2D eigenvalue weighted by Crippen LogP contribution is -2.45. The van der Waals surface area contributed by atoms with E-state index < -0.39 is 11.8 Å². The monoisotopic (exact) mass is 353 g/mol. The minimum absolute atomic E-state index is 0.00779. The summed E-state index contributed by atoms with van der Waals surface area (Å²) in [6.07, 6.45) is 3.18. The quantitative estimate of drug-likeness (QED) is 0.905. The minimum atomic E-state index is -2.71. The van der Waals surface area contributed by atoms with E-state index in [2.05, 4.69) is 5.32 Å². The maximum atomic E-state index is 13.3. The summed E-state index contributed by atoms with van der Waals surface area (Å²) in [6, 6.07) is 1.77. The van der Waals surface area contributed by atoms with Crippen molar-refractivity contribution < 1.29 is 13.6 Å². The molecule has 5 nitrogen and oxygen atoms in total. The van der Waals surface area contributed by atoms with Crippen molar-refractivity contribution in [1.82, 2.24) is 14.8 Å². The van der Waals surface area contributed by atoms with Crippen molar-refractivity contribution in [3.63, 3.8) is 0 Å². The fourth-order valence-corrected chi connectivity index (χ4v) is 3.62. The van der Waals surface area contributed by atoms with Gasteiger partial charge in [-0.1, -0.05) is 0 Å². The molecule has 0 spiro atoms. The van der Waals surface area contributed by atoms with Crippen molar-refractivity contribution >= 4 is 5.91 Å². The molecule has 0 aromatic carbocycles. The number of rotatable bonds is 3. The Morgan fingerprint density at radius 2 is 2.08 bits per heavy atom. The predicted molar refractivity (Wildman–Crippen MR) is 91.1 cm³/mol. The maximum absolute atomic E-state index is 13.3. The van der Waals surface area contributed by atoms with E-state index in [1.54, 1.807) is 23.8 Å². The number of piperidine rings is 2. The van der Waals surface area contributed by atoms with E-state index in [0.29, 0.717) is 18.0 Å². The molecular weight excluding hydrogens is 328 g/mol. The molecule has 0 saturated carbocycles. The molecule has 0 radical (unpaired) electrons. The largest absolute Gasteiger partial charge is 0.338 e. The topological polar surface area (TPSA) is 54.3 Å². The molecule has 2 fully saturated rings. The maximum Gasteiger partial charge on any atom is 0.263 e. The lowest BCUT2D eigenvalue weighted by atomic mass is 9.99. The second kappa shape index (κ2) is 7.23. The van der Waals surface area contributed by atoms with Crippen LogP contribution in [0.4, 0.5) is 8.78 Å². The highest BCUT2D eigenvalue weighted by atomic mass is 19.3. The molecule has 3 heterocycles. The molecule has 2 aliphatic heterocycles. The van der Waals surface area contributed by atoms with E-state index in [-0.39, 0.29) is 37.1 Å². The summed E-state index contributed by atoms with van der Waals surface area (Å²) < 4.78 is 28.2. The van der Waals surface area contributed by atoms with Crippen LogP contribution in [0.2, 0.25) is 0 Å². The lowest BCUT2D eigenvalue weighted by Gasteiger charge is -2.32. The summed E-state index contributed by atoms with van der Waals surface area (Å²) in [5.74, 6) is -2.77. The van der Waals surface area contributed by atoms with E-state index in [9.17, 15) is 18.4 Å². The highest BCUT2D eigenvalue weighted by molar-refractivity contribution is 5.95. The molecule has 2 saturated heterocycles. The zero-order chi connectivity index (χ0) is 18.0. The van der Waals surface area contributed by atoms with Crippen LogP contribution in [0.1, 0.15) is 41.6 Å². The Bertz CT molecular complexity index is 686. The van der Waals surface area contributed by atoms with Gasteiger partial charge in [-0.3, -0.25) is 9.59 Å². The fraction of sp³-hybridized carbons (Fsp3) is 0.667. The Balaban J connectivity index is 1.79. The highest BCUT2D eigenvalue weighted by Gasteiger charge is 2.36. The van der Waals surface area contributed by atoms with Gasteiger partial charge < -0.3 is 14.8 Å². The van der Waals surface area contributed by atoms with Gasteiger partial charge in [-0.2, -0.15) is 0 Å². The number of nitrogens with one attached hydrogen (secondary N) is 1. The van der Waals surface area contributed by atoms with Gasteiger partial charge >= 0.3 is 0 Å². The van der Waals surface area contributed by atoms with Crippen LogP contribution >= 0.6 is 0 Å². The number of aromatic nitrogens is 1. The molecule has 0 bridgehead atoms. The van der Waals surface area contributed by atoms with E-state index in [1.165, 1.54) is 4.90 Å². The number of alkyl halides is 2. The molecule has 7 heteroatoms. The normalized spacial score (nSPS) is 23.5. The molecule has 3 rings (SSSR count). The molecule has 138 valence electrons. The number of carbonyl (C=O) groups excluding carboxylic acids is 1. The Morgan fingerprint density at radius 3 is 2.72 bits per heavy atom. The number of aryl methyl sites for hydroxylation is 1. The summed E-state index contributed by atoms with van der Waals surface area (Å²) in [5, 5.41) is 3.32. The third kappa shape index (κ3) is 4.08. The van der Waals surface area contributed by atoms with E-state index >= 15 is 0 Å². The zero-order valence-electron chi connectivity index (χ0n) is 14.6. The Hall–Kier alpha value is -1.76. The van der Waals surface area contributed by atoms with Crippen LogP contribution in [0.5, 0.6) is 0 Å². The first-order chi connectivity index (χ1) is 11.9. The van der Waals surface area contributed by atoms with Gasteiger partial charge in [0, 0.05) is 38.7 Å². The molecule has 1 aromatic heterocycles. The SMILES string of the molecule is Cc1ccn(CC2CCCNC2)c(=O)c1C(=O)N1CCC(F)(F)CC1. The standard InChI is InChI=1S/C18H25F2N3O2/c1-13-4-8-23(12-14-3-2-7-21-11-14)17(25)15(13)16(24)22-9-5-18(19,20)6-10-22/h4,8,14,21H,2-3,5-7,9-12H2,1H3. The van der Waals surface area contributed by atoms with Gasteiger partial charge in [0.1, 0.15) is 5.56 Å². The van der Waals surface area contributed by atoms with Crippen molar-refractivity contribution in [1.29, 1.82) is 0 Å². The number of halogens is 2. The summed E-state index contributed by atoms with van der Waals surface area (Å²) in [6.45, 7) is 4.15. The predicted octanol–water partition coefficient (Wildman–Crippen LogP) is 2.03. The molecule has 2 aliphatic rings. The number of hydrogen-bond donors (Lipinski definition) is 1. The summed E-state index contributed by atoms with van der Waals surface area (Å²) in [5.41, 5.74) is 0.412. The van der Waals surface area contributed by atoms with Gasteiger partial charge in [0.05, 0.1) is 0 Å². The average Bonchev–Trinajstić information content (AvgIpc) is 2.58. The number of carbonyl (C=O) groups is 1. The smallest absolute Gasteiger partial charge is 0.263 e. The number of hydrogen-bond acceptors (Lipinski definition) is 3. The van der Waals surface area contributed by atoms with Crippen LogP contribution < -0.4 is 10.9 Å². The van der Waals surface area contributed by atoms with Gasteiger partial charge in [0.25, 0.3) is 17.4 Å². The van der Waals surface area contributed by atoms with E-state index in [0.717, 1.165) is 25.9 Å². The van der Waals surface area contributed by atoms with Gasteiger partial charge in [-0.25, -0.2) is 8.78 Å². The summed E-state index contributed by atoms with van der Waals surface area (Å²) in [4.78, 5) is 27.0. The fourth-order valence-electron chi connectivity index (χ4n) is 3.62. The Kier molecular flexibility index (Phi) is 5.22. The molecule has 1 aromatic rings. The molecule has 25 heavy (non-hydrogen) atoms. The molecule has 1 atom stereocenters. The molecular formula is C18H25F2N3O2. The number of nitrogens with zero attached hydrogens (tertiary/aromatic N) is 2. The number of amides is 1. The van der Waals surface area contributed by atoms with Gasteiger partial charge in [0.2, 0.25) is 0 Å². The first-order valence-electron chi connectivity index (χ1n) is 8.95. The van der Waals surface area contributed by atoms with Crippen LogP contribution in [-0.4, -0.2) is 47.5 Å². The van der Waals surface area contributed by atoms with Crippen LogP contribution in [-0.2, 0) is 6.54 Å². The third-order valence-electron chi connectivity index (χ3n) is 5.22. The van der Waals surface area contributed by atoms with Crippen molar-refractivity contribution in [3.05, 3.63) is 33.7 Å². The third-order valence-corrected chi connectivity index (χ3v) is 5.22. The van der Waals surface area contributed by atoms with Gasteiger partial charge in [-0.05, 0) is 50.4 Å². The lowest BCUT2D eigenvalue weighted by molar-refractivity contribution is -0.0494. The summed E-state index contributed by atoms with van der Waals surface area (Å²) in [7, 11) is 0.